The molecule has 0 spiro atoms. The molecular formula is C24H25NO3. The van der Waals surface area contributed by atoms with Gasteiger partial charge in [-0.3, -0.25) is 4.79 Å². The maximum absolute atomic E-state index is 12.4. The van der Waals surface area contributed by atoms with Crippen molar-refractivity contribution in [1.29, 1.82) is 0 Å². The zero-order valence-corrected chi connectivity index (χ0v) is 16.0. The predicted molar refractivity (Wildman–Crippen MR) is 110 cm³/mol. The van der Waals surface area contributed by atoms with E-state index in [0.717, 1.165) is 16.7 Å². The normalized spacial score (nSPS) is 11.6. The second-order valence-corrected chi connectivity index (χ2v) is 6.54. The van der Waals surface area contributed by atoms with Crippen LogP contribution in [0.4, 0.5) is 0 Å². The molecule has 0 aliphatic rings. The third kappa shape index (κ3) is 5.96. The summed E-state index contributed by atoms with van der Waals surface area (Å²) in [6.45, 7) is 3.24. The minimum absolute atomic E-state index is 0.149. The van der Waals surface area contributed by atoms with E-state index in [-0.39, 0.29) is 5.91 Å². The van der Waals surface area contributed by atoms with Gasteiger partial charge in [0.05, 0.1) is 13.2 Å². The third-order valence-electron chi connectivity index (χ3n) is 4.37. The predicted octanol–water partition coefficient (Wildman–Crippen LogP) is 4.49. The molecule has 0 radical (unpaired) electrons. The van der Waals surface area contributed by atoms with Crippen molar-refractivity contribution >= 4 is 5.91 Å². The smallest absolute Gasteiger partial charge is 0.261 e. The standard InChI is InChI=1S/C24H25NO3/c1-19(28-23-14-6-3-7-15-23)24(26)25-16-21-12-8-9-13-22(21)18-27-17-20-10-4-2-5-11-20/h2-15,19H,16-18H2,1H3,(H,25,26). The number of ether oxygens (including phenoxy) is 2. The van der Waals surface area contributed by atoms with Crippen LogP contribution < -0.4 is 10.1 Å². The van der Waals surface area contributed by atoms with Gasteiger partial charge in [0.15, 0.2) is 6.10 Å². The maximum Gasteiger partial charge on any atom is 0.261 e. The van der Waals surface area contributed by atoms with Gasteiger partial charge in [-0.25, -0.2) is 0 Å². The fraction of sp³-hybridized carbons (Fsp3) is 0.208. The van der Waals surface area contributed by atoms with E-state index in [1.54, 1.807) is 6.92 Å². The first-order chi connectivity index (χ1) is 13.7. The lowest BCUT2D eigenvalue weighted by Gasteiger charge is -2.16. The van der Waals surface area contributed by atoms with E-state index in [9.17, 15) is 4.79 Å². The molecule has 144 valence electrons. The summed E-state index contributed by atoms with van der Waals surface area (Å²) in [5.74, 6) is 0.531. The number of hydrogen-bond acceptors (Lipinski definition) is 3. The molecule has 0 saturated heterocycles. The van der Waals surface area contributed by atoms with E-state index >= 15 is 0 Å². The third-order valence-corrected chi connectivity index (χ3v) is 4.37. The van der Waals surface area contributed by atoms with Crippen LogP contribution in [0.25, 0.3) is 0 Å². The van der Waals surface area contributed by atoms with Gasteiger partial charge in [0.2, 0.25) is 0 Å². The van der Waals surface area contributed by atoms with E-state index in [0.29, 0.717) is 25.5 Å². The van der Waals surface area contributed by atoms with E-state index in [4.69, 9.17) is 9.47 Å². The second-order valence-electron chi connectivity index (χ2n) is 6.54. The molecule has 1 atom stereocenters. The average Bonchev–Trinajstić information content (AvgIpc) is 2.74. The summed E-state index contributed by atoms with van der Waals surface area (Å²) >= 11 is 0. The number of amides is 1. The van der Waals surface area contributed by atoms with Gasteiger partial charge in [-0.15, -0.1) is 0 Å². The van der Waals surface area contributed by atoms with Gasteiger partial charge < -0.3 is 14.8 Å². The first-order valence-electron chi connectivity index (χ1n) is 9.40. The Bertz CT molecular complexity index is 865. The molecular weight excluding hydrogens is 350 g/mol. The van der Waals surface area contributed by atoms with Crippen molar-refractivity contribution in [3.05, 3.63) is 102 Å². The van der Waals surface area contributed by atoms with Crippen LogP contribution in [0.2, 0.25) is 0 Å². The fourth-order valence-electron chi connectivity index (χ4n) is 2.81. The zero-order chi connectivity index (χ0) is 19.6. The monoisotopic (exact) mass is 375 g/mol. The highest BCUT2D eigenvalue weighted by atomic mass is 16.5. The maximum atomic E-state index is 12.4. The molecule has 1 unspecified atom stereocenters. The Balaban J connectivity index is 1.50. The minimum atomic E-state index is -0.566. The first kappa shape index (κ1) is 19.6. The SMILES string of the molecule is CC(Oc1ccccc1)C(=O)NCc1ccccc1COCc1ccccc1. The van der Waals surface area contributed by atoms with Crippen LogP contribution in [0.3, 0.4) is 0 Å². The summed E-state index contributed by atoms with van der Waals surface area (Å²) in [5, 5.41) is 2.95. The van der Waals surface area contributed by atoms with E-state index in [1.807, 2.05) is 84.9 Å². The van der Waals surface area contributed by atoms with Crippen LogP contribution in [0, 0.1) is 0 Å². The van der Waals surface area contributed by atoms with Gasteiger partial charge in [0.1, 0.15) is 5.75 Å². The summed E-state index contributed by atoms with van der Waals surface area (Å²) < 4.78 is 11.5. The van der Waals surface area contributed by atoms with Gasteiger partial charge in [-0.1, -0.05) is 72.8 Å². The molecule has 3 aromatic rings. The van der Waals surface area contributed by atoms with E-state index in [2.05, 4.69) is 5.32 Å². The van der Waals surface area contributed by atoms with Gasteiger partial charge in [0.25, 0.3) is 5.91 Å². The van der Waals surface area contributed by atoms with Crippen LogP contribution in [-0.4, -0.2) is 12.0 Å². The molecule has 3 aromatic carbocycles. The zero-order valence-electron chi connectivity index (χ0n) is 16.0. The summed E-state index contributed by atoms with van der Waals surface area (Å²) in [7, 11) is 0. The molecule has 4 heteroatoms. The lowest BCUT2D eigenvalue weighted by molar-refractivity contribution is -0.127. The molecule has 0 saturated carbocycles. The molecule has 0 bridgehead atoms. The Morgan fingerprint density at radius 3 is 2.14 bits per heavy atom. The summed E-state index contributed by atoms with van der Waals surface area (Å²) in [6.07, 6.45) is -0.566. The number of benzene rings is 3. The molecule has 0 fully saturated rings. The average molecular weight is 375 g/mol. The quantitative estimate of drug-likeness (QED) is 0.600. The van der Waals surface area contributed by atoms with Crippen molar-refractivity contribution in [2.24, 2.45) is 0 Å². The summed E-state index contributed by atoms with van der Waals surface area (Å²) in [6, 6.07) is 27.4. The largest absolute Gasteiger partial charge is 0.481 e. The van der Waals surface area contributed by atoms with Crippen molar-refractivity contribution in [2.75, 3.05) is 0 Å². The Morgan fingerprint density at radius 2 is 1.43 bits per heavy atom. The van der Waals surface area contributed by atoms with Gasteiger partial charge in [-0.2, -0.15) is 0 Å². The Hall–Kier alpha value is -3.11. The van der Waals surface area contributed by atoms with Crippen LogP contribution in [-0.2, 0) is 29.3 Å². The topological polar surface area (TPSA) is 47.6 Å². The van der Waals surface area contributed by atoms with Crippen molar-refractivity contribution in [3.63, 3.8) is 0 Å². The molecule has 1 amide bonds. The van der Waals surface area contributed by atoms with Crippen LogP contribution >= 0.6 is 0 Å². The van der Waals surface area contributed by atoms with Crippen LogP contribution in [0.1, 0.15) is 23.6 Å². The molecule has 4 nitrogen and oxygen atoms in total. The number of nitrogens with one attached hydrogen (secondary N) is 1. The molecule has 0 aromatic heterocycles. The second kappa shape index (κ2) is 10.3. The lowest BCUT2D eigenvalue weighted by atomic mass is 10.1. The highest BCUT2D eigenvalue weighted by Gasteiger charge is 2.14. The van der Waals surface area contributed by atoms with Gasteiger partial charge >= 0.3 is 0 Å². The molecule has 28 heavy (non-hydrogen) atoms. The van der Waals surface area contributed by atoms with Gasteiger partial charge in [-0.05, 0) is 35.7 Å². The van der Waals surface area contributed by atoms with Crippen molar-refractivity contribution in [3.8, 4) is 5.75 Å². The Kier molecular flexibility index (Phi) is 7.21. The highest BCUT2D eigenvalue weighted by molar-refractivity contribution is 5.80. The fourth-order valence-corrected chi connectivity index (χ4v) is 2.81. The Labute approximate surface area is 166 Å². The number of hydrogen-bond donors (Lipinski definition) is 1. The molecule has 3 rings (SSSR count). The van der Waals surface area contributed by atoms with Crippen molar-refractivity contribution in [2.45, 2.75) is 32.8 Å². The molecule has 0 aliphatic heterocycles. The molecule has 1 N–H and O–H groups in total. The van der Waals surface area contributed by atoms with Crippen molar-refractivity contribution in [1.82, 2.24) is 5.32 Å². The number of rotatable bonds is 9. The van der Waals surface area contributed by atoms with E-state index < -0.39 is 6.10 Å². The number of carbonyl (C=O) groups excluding carboxylic acids is 1. The van der Waals surface area contributed by atoms with Crippen LogP contribution in [0.5, 0.6) is 5.75 Å². The molecule has 0 aliphatic carbocycles. The lowest BCUT2D eigenvalue weighted by Crippen LogP contribution is -2.36. The van der Waals surface area contributed by atoms with Crippen LogP contribution in [0.15, 0.2) is 84.9 Å². The highest BCUT2D eigenvalue weighted by Crippen LogP contribution is 2.13. The summed E-state index contributed by atoms with van der Waals surface area (Å²) in [4.78, 5) is 12.4. The molecule has 0 heterocycles. The summed E-state index contributed by atoms with van der Waals surface area (Å²) in [5.41, 5.74) is 3.24. The number of carbonyl (C=O) groups is 1. The first-order valence-corrected chi connectivity index (χ1v) is 9.40. The Morgan fingerprint density at radius 1 is 0.821 bits per heavy atom. The van der Waals surface area contributed by atoms with Gasteiger partial charge in [0, 0.05) is 6.54 Å². The van der Waals surface area contributed by atoms with E-state index in [1.165, 1.54) is 0 Å². The number of para-hydroxylation sites is 1. The minimum Gasteiger partial charge on any atom is -0.481 e. The van der Waals surface area contributed by atoms with Crippen molar-refractivity contribution < 1.29 is 14.3 Å².